The Bertz CT molecular complexity index is 725. The SMILES string of the molecule is CC(CC(F)(F)F)n1cc(-c2cc3cnccn3n2)cn1. The molecule has 3 heterocycles. The van der Waals surface area contributed by atoms with Crippen molar-refractivity contribution in [1.82, 2.24) is 24.4 Å². The molecule has 0 aliphatic heterocycles. The molecule has 3 aromatic heterocycles. The standard InChI is InChI=1S/C13H12F3N5/c1-9(5-13(14,15)16)21-8-10(6-18-21)12-4-11-7-17-2-3-20(11)19-12/h2-4,6-9H,5H2,1H3. The summed E-state index contributed by atoms with van der Waals surface area (Å²) in [5.41, 5.74) is 2.13. The average molecular weight is 295 g/mol. The zero-order valence-electron chi connectivity index (χ0n) is 11.1. The van der Waals surface area contributed by atoms with Crippen LogP contribution < -0.4 is 0 Å². The quantitative estimate of drug-likeness (QED) is 0.746. The van der Waals surface area contributed by atoms with E-state index >= 15 is 0 Å². The molecule has 5 nitrogen and oxygen atoms in total. The summed E-state index contributed by atoms with van der Waals surface area (Å²) in [7, 11) is 0. The Morgan fingerprint density at radius 1 is 1.29 bits per heavy atom. The molecule has 0 bridgehead atoms. The van der Waals surface area contributed by atoms with E-state index in [1.54, 1.807) is 29.3 Å². The first kappa shape index (κ1) is 13.6. The third-order valence-corrected chi connectivity index (χ3v) is 3.14. The van der Waals surface area contributed by atoms with Crippen LogP contribution in [0.3, 0.4) is 0 Å². The number of hydrogen-bond acceptors (Lipinski definition) is 3. The molecule has 0 amide bonds. The lowest BCUT2D eigenvalue weighted by Crippen LogP contribution is -2.16. The van der Waals surface area contributed by atoms with Crippen LogP contribution in [-0.4, -0.2) is 30.6 Å². The minimum absolute atomic E-state index is 0.647. The van der Waals surface area contributed by atoms with E-state index in [4.69, 9.17) is 0 Å². The highest BCUT2D eigenvalue weighted by Gasteiger charge is 2.31. The summed E-state index contributed by atoms with van der Waals surface area (Å²) in [6.45, 7) is 1.48. The van der Waals surface area contributed by atoms with E-state index in [9.17, 15) is 13.2 Å². The predicted molar refractivity (Wildman–Crippen MR) is 69.6 cm³/mol. The number of nitrogens with zero attached hydrogens (tertiary/aromatic N) is 5. The smallest absolute Gasteiger partial charge is 0.269 e. The normalized spacial score (nSPS) is 13.7. The van der Waals surface area contributed by atoms with E-state index in [0.717, 1.165) is 5.52 Å². The molecule has 8 heteroatoms. The molecule has 0 saturated carbocycles. The van der Waals surface area contributed by atoms with Crippen molar-refractivity contribution in [3.63, 3.8) is 0 Å². The summed E-state index contributed by atoms with van der Waals surface area (Å²) in [5.74, 6) is 0. The Hall–Kier alpha value is -2.38. The molecule has 3 aromatic rings. The zero-order chi connectivity index (χ0) is 15.0. The minimum Gasteiger partial charge on any atom is -0.269 e. The van der Waals surface area contributed by atoms with Crippen molar-refractivity contribution in [2.75, 3.05) is 0 Å². The van der Waals surface area contributed by atoms with Crippen LogP contribution in [0.25, 0.3) is 16.8 Å². The van der Waals surface area contributed by atoms with Gasteiger partial charge in [-0.1, -0.05) is 0 Å². The molecule has 0 fully saturated rings. The fourth-order valence-corrected chi connectivity index (χ4v) is 2.13. The lowest BCUT2D eigenvalue weighted by molar-refractivity contribution is -0.142. The van der Waals surface area contributed by atoms with Crippen molar-refractivity contribution in [3.8, 4) is 11.3 Å². The second kappa shape index (κ2) is 4.87. The van der Waals surface area contributed by atoms with E-state index < -0.39 is 18.6 Å². The van der Waals surface area contributed by atoms with Crippen LogP contribution in [0.1, 0.15) is 19.4 Å². The number of fused-ring (bicyclic) bond motifs is 1. The van der Waals surface area contributed by atoms with E-state index in [0.29, 0.717) is 11.3 Å². The molecule has 0 saturated heterocycles. The molecule has 3 rings (SSSR count). The molecule has 0 aliphatic carbocycles. The van der Waals surface area contributed by atoms with Gasteiger partial charge in [0.05, 0.1) is 36.1 Å². The third-order valence-electron chi connectivity index (χ3n) is 3.14. The van der Waals surface area contributed by atoms with Gasteiger partial charge in [0, 0.05) is 24.2 Å². The van der Waals surface area contributed by atoms with Crippen LogP contribution in [0, 0.1) is 0 Å². The van der Waals surface area contributed by atoms with E-state index in [1.165, 1.54) is 17.8 Å². The van der Waals surface area contributed by atoms with Crippen molar-refractivity contribution < 1.29 is 13.2 Å². The summed E-state index contributed by atoms with van der Waals surface area (Å²) in [6, 6.07) is 1.06. The highest BCUT2D eigenvalue weighted by molar-refractivity contribution is 5.64. The van der Waals surface area contributed by atoms with E-state index in [2.05, 4.69) is 15.2 Å². The second-order valence-corrected chi connectivity index (χ2v) is 4.85. The van der Waals surface area contributed by atoms with E-state index in [1.807, 2.05) is 6.07 Å². The summed E-state index contributed by atoms with van der Waals surface area (Å²) in [4.78, 5) is 3.99. The van der Waals surface area contributed by atoms with Gasteiger partial charge in [0.25, 0.3) is 0 Å². The number of rotatable bonds is 3. The van der Waals surface area contributed by atoms with Gasteiger partial charge in [-0.3, -0.25) is 9.67 Å². The Kier molecular flexibility index (Phi) is 3.15. The van der Waals surface area contributed by atoms with Crippen LogP contribution in [0.4, 0.5) is 13.2 Å². The van der Waals surface area contributed by atoms with Gasteiger partial charge in [-0.25, -0.2) is 4.52 Å². The Labute approximate surface area is 118 Å². The van der Waals surface area contributed by atoms with Crippen molar-refractivity contribution in [2.24, 2.45) is 0 Å². The number of hydrogen-bond donors (Lipinski definition) is 0. The molecule has 0 N–H and O–H groups in total. The maximum Gasteiger partial charge on any atom is 0.391 e. The first-order valence-corrected chi connectivity index (χ1v) is 6.33. The van der Waals surface area contributed by atoms with Crippen LogP contribution in [0.2, 0.25) is 0 Å². The van der Waals surface area contributed by atoms with Gasteiger partial charge in [0.15, 0.2) is 0 Å². The van der Waals surface area contributed by atoms with Gasteiger partial charge >= 0.3 is 6.18 Å². The molecular formula is C13H12F3N5. The molecule has 110 valence electrons. The molecular weight excluding hydrogens is 283 g/mol. The van der Waals surface area contributed by atoms with Gasteiger partial charge in [-0.15, -0.1) is 0 Å². The highest BCUT2D eigenvalue weighted by atomic mass is 19.4. The third kappa shape index (κ3) is 2.88. The second-order valence-electron chi connectivity index (χ2n) is 4.85. The molecule has 1 unspecified atom stereocenters. The lowest BCUT2D eigenvalue weighted by atomic mass is 10.2. The van der Waals surface area contributed by atoms with Crippen molar-refractivity contribution >= 4 is 5.52 Å². The largest absolute Gasteiger partial charge is 0.391 e. The van der Waals surface area contributed by atoms with Gasteiger partial charge in [0.2, 0.25) is 0 Å². The van der Waals surface area contributed by atoms with Crippen LogP contribution >= 0.6 is 0 Å². The van der Waals surface area contributed by atoms with Gasteiger partial charge < -0.3 is 0 Å². The monoisotopic (exact) mass is 295 g/mol. The predicted octanol–water partition coefficient (Wildman–Crippen LogP) is 3.11. The Morgan fingerprint density at radius 2 is 2.10 bits per heavy atom. The maximum atomic E-state index is 12.4. The van der Waals surface area contributed by atoms with Crippen molar-refractivity contribution in [3.05, 3.63) is 37.1 Å². The first-order valence-electron chi connectivity index (χ1n) is 6.33. The van der Waals surface area contributed by atoms with Crippen LogP contribution in [-0.2, 0) is 0 Å². The van der Waals surface area contributed by atoms with Crippen molar-refractivity contribution in [1.29, 1.82) is 0 Å². The summed E-state index contributed by atoms with van der Waals surface area (Å²) in [5, 5.41) is 8.33. The fourth-order valence-electron chi connectivity index (χ4n) is 2.13. The maximum absolute atomic E-state index is 12.4. The highest BCUT2D eigenvalue weighted by Crippen LogP contribution is 2.28. The topological polar surface area (TPSA) is 48.0 Å². The van der Waals surface area contributed by atoms with Gasteiger partial charge in [-0.2, -0.15) is 23.4 Å². The Morgan fingerprint density at radius 3 is 2.81 bits per heavy atom. The Balaban J connectivity index is 1.87. The molecule has 0 aliphatic rings. The lowest BCUT2D eigenvalue weighted by Gasteiger charge is -2.14. The number of halogens is 3. The zero-order valence-corrected chi connectivity index (χ0v) is 11.1. The summed E-state index contributed by atoms with van der Waals surface area (Å²) in [6.07, 6.45) is 2.94. The molecule has 1 atom stereocenters. The summed E-state index contributed by atoms with van der Waals surface area (Å²) < 4.78 is 40.2. The number of alkyl halides is 3. The molecule has 0 aromatic carbocycles. The van der Waals surface area contributed by atoms with Gasteiger partial charge in [0.1, 0.15) is 0 Å². The first-order chi connectivity index (χ1) is 9.92. The number of aromatic nitrogens is 5. The van der Waals surface area contributed by atoms with Crippen LogP contribution in [0.15, 0.2) is 37.1 Å². The molecule has 0 spiro atoms. The average Bonchev–Trinajstić information content (AvgIpc) is 3.03. The molecule has 21 heavy (non-hydrogen) atoms. The summed E-state index contributed by atoms with van der Waals surface area (Å²) >= 11 is 0. The van der Waals surface area contributed by atoms with Crippen LogP contribution in [0.5, 0.6) is 0 Å². The minimum atomic E-state index is -4.21. The van der Waals surface area contributed by atoms with Gasteiger partial charge in [-0.05, 0) is 13.0 Å². The van der Waals surface area contributed by atoms with E-state index in [-0.39, 0.29) is 0 Å². The fraction of sp³-hybridized carbons (Fsp3) is 0.308. The van der Waals surface area contributed by atoms with Crippen molar-refractivity contribution in [2.45, 2.75) is 25.6 Å². The molecule has 0 radical (unpaired) electrons.